The van der Waals surface area contributed by atoms with E-state index in [4.69, 9.17) is 16.7 Å². The predicted molar refractivity (Wildman–Crippen MR) is 140 cm³/mol. The number of hydrogen-bond acceptors (Lipinski definition) is 3. The number of rotatable bonds is 8. The van der Waals surface area contributed by atoms with Gasteiger partial charge in [-0.3, -0.25) is 14.6 Å². The van der Waals surface area contributed by atoms with Gasteiger partial charge in [-0.25, -0.2) is 0 Å². The number of carboxylic acids is 1. The van der Waals surface area contributed by atoms with Gasteiger partial charge < -0.3 is 10.4 Å². The van der Waals surface area contributed by atoms with Gasteiger partial charge in [0.05, 0.1) is 16.6 Å². The topological polar surface area (TPSA) is 79.3 Å². The van der Waals surface area contributed by atoms with Crippen LogP contribution in [0.15, 0.2) is 54.7 Å². The van der Waals surface area contributed by atoms with Gasteiger partial charge in [0.2, 0.25) is 5.91 Å². The third-order valence-electron chi connectivity index (χ3n) is 7.09. The Kier molecular flexibility index (Phi) is 7.86. The minimum absolute atomic E-state index is 0.0109. The maximum Gasteiger partial charge on any atom is 0.303 e. The molecule has 1 aliphatic rings. The summed E-state index contributed by atoms with van der Waals surface area (Å²) in [6, 6.07) is 15.8. The zero-order valence-corrected chi connectivity index (χ0v) is 20.9. The van der Waals surface area contributed by atoms with Crippen LogP contribution in [-0.4, -0.2) is 22.0 Å². The van der Waals surface area contributed by atoms with E-state index in [0.29, 0.717) is 17.4 Å². The molecule has 1 heterocycles. The molecule has 1 fully saturated rings. The van der Waals surface area contributed by atoms with Crippen LogP contribution < -0.4 is 5.32 Å². The molecule has 0 bridgehead atoms. The summed E-state index contributed by atoms with van der Waals surface area (Å²) < 4.78 is 0. The smallest absolute Gasteiger partial charge is 0.303 e. The maximum absolute atomic E-state index is 13.6. The van der Waals surface area contributed by atoms with E-state index < -0.39 is 5.97 Å². The first-order chi connectivity index (χ1) is 16.8. The number of aryl methyl sites for hydroxylation is 2. The molecular formula is C29H31ClN2O3. The van der Waals surface area contributed by atoms with Crippen molar-refractivity contribution in [3.05, 3.63) is 82.1 Å². The molecule has 6 heteroatoms. The Balaban J connectivity index is 1.58. The van der Waals surface area contributed by atoms with E-state index in [0.717, 1.165) is 64.9 Å². The lowest BCUT2D eigenvalue weighted by Gasteiger charge is -2.24. The molecule has 3 aromatic rings. The lowest BCUT2D eigenvalue weighted by Crippen LogP contribution is -2.27. The Bertz CT molecular complexity index is 1220. The zero-order chi connectivity index (χ0) is 24.9. The largest absolute Gasteiger partial charge is 0.481 e. The summed E-state index contributed by atoms with van der Waals surface area (Å²) in [6.45, 7) is 3.82. The first-order valence-electron chi connectivity index (χ1n) is 12.2. The summed E-state index contributed by atoms with van der Waals surface area (Å²) in [6.07, 6.45) is 6.68. The van der Waals surface area contributed by atoms with E-state index in [1.54, 1.807) is 0 Å². The Morgan fingerprint density at radius 2 is 1.80 bits per heavy atom. The normalized spacial score (nSPS) is 14.6. The number of benzene rings is 2. The highest BCUT2D eigenvalue weighted by Gasteiger charge is 2.32. The lowest BCUT2D eigenvalue weighted by molar-refractivity contribution is -0.137. The fourth-order valence-electron chi connectivity index (χ4n) is 5.02. The Morgan fingerprint density at radius 3 is 2.46 bits per heavy atom. The van der Waals surface area contributed by atoms with Crippen LogP contribution in [0.2, 0.25) is 5.02 Å². The Morgan fingerprint density at radius 1 is 1.09 bits per heavy atom. The van der Waals surface area contributed by atoms with Crippen molar-refractivity contribution in [2.75, 3.05) is 5.32 Å². The SMILES string of the molecule is Cc1ncc(-c2ccc([C@H](C(=O)Nc3cccc(CCC(=O)O)c3C)C3CCCC3)cc2)cc1Cl. The van der Waals surface area contributed by atoms with Crippen molar-refractivity contribution in [2.24, 2.45) is 5.92 Å². The minimum Gasteiger partial charge on any atom is -0.481 e. The van der Waals surface area contributed by atoms with Gasteiger partial charge in [-0.1, -0.05) is 60.8 Å². The van der Waals surface area contributed by atoms with Gasteiger partial charge in [0, 0.05) is 23.9 Å². The highest BCUT2D eigenvalue weighted by molar-refractivity contribution is 6.31. The number of carbonyl (C=O) groups excluding carboxylic acids is 1. The van der Waals surface area contributed by atoms with Gasteiger partial charge in [0.25, 0.3) is 0 Å². The lowest BCUT2D eigenvalue weighted by atomic mass is 9.83. The number of nitrogens with zero attached hydrogens (tertiary/aromatic N) is 1. The molecule has 1 amide bonds. The molecule has 1 aromatic heterocycles. The molecule has 0 unspecified atom stereocenters. The molecule has 2 N–H and O–H groups in total. The fraction of sp³-hybridized carbons (Fsp3) is 0.345. The van der Waals surface area contributed by atoms with Gasteiger partial charge in [-0.15, -0.1) is 0 Å². The second kappa shape index (κ2) is 11.0. The molecule has 1 atom stereocenters. The molecule has 2 aromatic carbocycles. The van der Waals surface area contributed by atoms with E-state index in [2.05, 4.69) is 10.3 Å². The van der Waals surface area contributed by atoms with Crippen molar-refractivity contribution in [2.45, 2.75) is 58.3 Å². The number of nitrogens with one attached hydrogen (secondary N) is 1. The molecule has 4 rings (SSSR count). The highest BCUT2D eigenvalue weighted by atomic mass is 35.5. The Labute approximate surface area is 211 Å². The minimum atomic E-state index is -0.827. The first kappa shape index (κ1) is 24.9. The molecule has 0 spiro atoms. The summed E-state index contributed by atoms with van der Waals surface area (Å²) in [4.78, 5) is 29.0. The second-order valence-corrected chi connectivity index (χ2v) is 9.82. The van der Waals surface area contributed by atoms with Crippen LogP contribution in [0, 0.1) is 19.8 Å². The molecule has 0 saturated heterocycles. The Hall–Kier alpha value is -3.18. The summed E-state index contributed by atoms with van der Waals surface area (Å²) in [7, 11) is 0. The fourth-order valence-corrected chi connectivity index (χ4v) is 5.18. The zero-order valence-electron chi connectivity index (χ0n) is 20.2. The van der Waals surface area contributed by atoms with E-state index in [1.165, 1.54) is 0 Å². The van der Waals surface area contributed by atoms with Crippen LogP contribution in [0.3, 0.4) is 0 Å². The van der Waals surface area contributed by atoms with E-state index in [1.807, 2.05) is 68.6 Å². The predicted octanol–water partition coefficient (Wildman–Crippen LogP) is 6.95. The molecule has 182 valence electrons. The average Bonchev–Trinajstić information content (AvgIpc) is 3.36. The van der Waals surface area contributed by atoms with E-state index in [9.17, 15) is 9.59 Å². The number of carbonyl (C=O) groups is 2. The van der Waals surface area contributed by atoms with E-state index >= 15 is 0 Å². The van der Waals surface area contributed by atoms with Gasteiger partial charge >= 0.3 is 5.97 Å². The van der Waals surface area contributed by atoms with Crippen LogP contribution in [-0.2, 0) is 16.0 Å². The van der Waals surface area contributed by atoms with Crippen LogP contribution in [0.4, 0.5) is 5.69 Å². The van der Waals surface area contributed by atoms with Crippen molar-refractivity contribution >= 4 is 29.2 Å². The number of halogens is 1. The standard InChI is InChI=1S/C29H31ClN2O3/c1-18-20(14-15-27(33)34)8-5-9-26(18)32-29(35)28(22-6-3-4-7-22)23-12-10-21(11-13-23)24-16-25(30)19(2)31-17-24/h5,8-13,16-17,22,28H,3-4,6-7,14-15H2,1-2H3,(H,32,35)(H,33,34)/t28-/m1/s1. The molecule has 0 radical (unpaired) electrons. The number of aliphatic carboxylic acids is 1. The monoisotopic (exact) mass is 490 g/mol. The molecule has 1 saturated carbocycles. The molecule has 35 heavy (non-hydrogen) atoms. The summed E-state index contributed by atoms with van der Waals surface area (Å²) in [5.74, 6) is -0.782. The van der Waals surface area contributed by atoms with Crippen molar-refractivity contribution in [1.82, 2.24) is 4.98 Å². The maximum atomic E-state index is 13.6. The first-order valence-corrected chi connectivity index (χ1v) is 12.5. The number of anilines is 1. The van der Waals surface area contributed by atoms with Gasteiger partial charge in [0.1, 0.15) is 0 Å². The molecule has 0 aliphatic heterocycles. The third kappa shape index (κ3) is 5.91. The molecule has 1 aliphatic carbocycles. The van der Waals surface area contributed by atoms with Crippen molar-refractivity contribution in [1.29, 1.82) is 0 Å². The van der Waals surface area contributed by atoms with Crippen LogP contribution in [0.5, 0.6) is 0 Å². The number of aromatic nitrogens is 1. The quantitative estimate of drug-likeness (QED) is 0.358. The molecular weight excluding hydrogens is 460 g/mol. The van der Waals surface area contributed by atoms with Crippen molar-refractivity contribution < 1.29 is 14.7 Å². The van der Waals surface area contributed by atoms with Gasteiger partial charge in [-0.05, 0) is 73.4 Å². The number of pyridine rings is 1. The van der Waals surface area contributed by atoms with Gasteiger partial charge in [-0.2, -0.15) is 0 Å². The van der Waals surface area contributed by atoms with Crippen LogP contribution >= 0.6 is 11.6 Å². The number of carboxylic acid groups (broad SMARTS) is 1. The summed E-state index contributed by atoms with van der Waals surface area (Å²) >= 11 is 6.26. The van der Waals surface area contributed by atoms with Crippen molar-refractivity contribution in [3.63, 3.8) is 0 Å². The highest BCUT2D eigenvalue weighted by Crippen LogP contribution is 2.39. The number of hydrogen-bond donors (Lipinski definition) is 2. The average molecular weight is 491 g/mol. The van der Waals surface area contributed by atoms with Gasteiger partial charge in [0.15, 0.2) is 0 Å². The second-order valence-electron chi connectivity index (χ2n) is 9.41. The number of amides is 1. The van der Waals surface area contributed by atoms with Crippen LogP contribution in [0.25, 0.3) is 11.1 Å². The summed E-state index contributed by atoms with van der Waals surface area (Å²) in [5, 5.41) is 12.8. The third-order valence-corrected chi connectivity index (χ3v) is 7.48. The van der Waals surface area contributed by atoms with E-state index in [-0.39, 0.29) is 18.2 Å². The summed E-state index contributed by atoms with van der Waals surface area (Å²) in [5.41, 5.74) is 6.37. The van der Waals surface area contributed by atoms with Crippen LogP contribution in [0.1, 0.15) is 60.4 Å². The molecule has 5 nitrogen and oxygen atoms in total. The van der Waals surface area contributed by atoms with Crippen molar-refractivity contribution in [3.8, 4) is 11.1 Å².